The van der Waals surface area contributed by atoms with Crippen molar-refractivity contribution in [3.63, 3.8) is 0 Å². The Balaban J connectivity index is 3.43. The second-order valence-corrected chi connectivity index (χ2v) is 3.04. The van der Waals surface area contributed by atoms with E-state index in [9.17, 15) is 13.6 Å². The molecule has 0 unspecified atom stereocenters. The summed E-state index contributed by atoms with van der Waals surface area (Å²) in [7, 11) is 1.21. The highest BCUT2D eigenvalue weighted by atomic mass is 19.3. The number of carbonyl (C=O) groups is 1. The Morgan fingerprint density at radius 3 is 2.76 bits per heavy atom. The summed E-state index contributed by atoms with van der Waals surface area (Å²) in [5.74, 6) is -1.40. The first-order valence-corrected chi connectivity index (χ1v) is 4.47. The molecule has 5 nitrogen and oxygen atoms in total. The third-order valence-corrected chi connectivity index (χ3v) is 2.03. The van der Waals surface area contributed by atoms with E-state index in [2.05, 4.69) is 4.98 Å². The van der Waals surface area contributed by atoms with E-state index in [1.54, 1.807) is 6.07 Å². The van der Waals surface area contributed by atoms with Crippen molar-refractivity contribution in [3.05, 3.63) is 23.0 Å². The minimum absolute atomic E-state index is 0.100. The SMILES string of the molecule is COc1cnc(CC(=O)O)c(C(F)F)c1C#N. The molecule has 0 spiro atoms. The van der Waals surface area contributed by atoms with Crippen LogP contribution in [0.2, 0.25) is 0 Å². The summed E-state index contributed by atoms with van der Waals surface area (Å²) in [6.45, 7) is 0. The van der Waals surface area contributed by atoms with E-state index in [4.69, 9.17) is 15.1 Å². The molecule has 0 aliphatic heterocycles. The number of halogens is 2. The van der Waals surface area contributed by atoms with Crippen molar-refractivity contribution in [2.75, 3.05) is 7.11 Å². The van der Waals surface area contributed by atoms with Gasteiger partial charge in [-0.2, -0.15) is 5.26 Å². The predicted octanol–water partition coefficient (Wildman–Crippen LogP) is 1.53. The lowest BCUT2D eigenvalue weighted by atomic mass is 10.0. The molecule has 0 saturated carbocycles. The van der Waals surface area contributed by atoms with Crippen LogP contribution in [0.3, 0.4) is 0 Å². The number of pyridine rings is 1. The van der Waals surface area contributed by atoms with Crippen LogP contribution in [0, 0.1) is 11.3 Å². The average Bonchev–Trinajstić information content (AvgIpc) is 2.26. The van der Waals surface area contributed by atoms with Gasteiger partial charge in [0.25, 0.3) is 6.43 Å². The van der Waals surface area contributed by atoms with E-state index in [0.29, 0.717) is 0 Å². The van der Waals surface area contributed by atoms with Crippen molar-refractivity contribution < 1.29 is 23.4 Å². The zero-order valence-corrected chi connectivity index (χ0v) is 8.78. The highest BCUT2D eigenvalue weighted by Crippen LogP contribution is 2.31. The standard InChI is InChI=1S/C10H8F2N2O3/c1-17-7-4-14-6(2-8(15)16)9(10(11)12)5(7)3-13/h4,10H,2H2,1H3,(H,15,16). The minimum atomic E-state index is -2.98. The van der Waals surface area contributed by atoms with E-state index in [0.717, 1.165) is 6.20 Å². The third-order valence-electron chi connectivity index (χ3n) is 2.03. The largest absolute Gasteiger partial charge is 0.494 e. The molecule has 0 aliphatic rings. The molecule has 0 radical (unpaired) electrons. The molecule has 1 heterocycles. The normalized spacial score (nSPS) is 10.1. The van der Waals surface area contributed by atoms with Crippen molar-refractivity contribution in [1.29, 1.82) is 5.26 Å². The maximum atomic E-state index is 12.8. The fourth-order valence-corrected chi connectivity index (χ4v) is 1.34. The Labute approximate surface area is 95.3 Å². The van der Waals surface area contributed by atoms with Gasteiger partial charge in [0, 0.05) is 0 Å². The summed E-state index contributed by atoms with van der Waals surface area (Å²) in [4.78, 5) is 14.1. The summed E-state index contributed by atoms with van der Waals surface area (Å²) in [6.07, 6.45) is -2.59. The molecule has 0 fully saturated rings. The van der Waals surface area contributed by atoms with Gasteiger partial charge in [-0.15, -0.1) is 0 Å². The van der Waals surface area contributed by atoms with Gasteiger partial charge < -0.3 is 9.84 Å². The molecule has 0 atom stereocenters. The molecule has 90 valence electrons. The van der Waals surface area contributed by atoms with Crippen LogP contribution in [-0.2, 0) is 11.2 Å². The van der Waals surface area contributed by atoms with E-state index in [1.165, 1.54) is 7.11 Å². The first-order chi connectivity index (χ1) is 8.01. The van der Waals surface area contributed by atoms with E-state index < -0.39 is 24.4 Å². The molecular weight excluding hydrogens is 234 g/mol. The first-order valence-electron chi connectivity index (χ1n) is 4.47. The molecule has 0 aliphatic carbocycles. The predicted molar refractivity (Wildman–Crippen MR) is 51.8 cm³/mol. The van der Waals surface area contributed by atoms with Gasteiger partial charge in [-0.05, 0) is 0 Å². The molecule has 0 amide bonds. The Bertz CT molecular complexity index is 483. The van der Waals surface area contributed by atoms with Crippen LogP contribution in [0.25, 0.3) is 0 Å². The Morgan fingerprint density at radius 1 is 1.71 bits per heavy atom. The summed E-state index contributed by atoms with van der Waals surface area (Å²) in [6, 6.07) is 1.57. The lowest BCUT2D eigenvalue weighted by molar-refractivity contribution is -0.136. The van der Waals surface area contributed by atoms with Crippen molar-refractivity contribution in [1.82, 2.24) is 4.98 Å². The molecule has 7 heteroatoms. The fourth-order valence-electron chi connectivity index (χ4n) is 1.34. The number of ether oxygens (including phenoxy) is 1. The number of nitrogens with zero attached hydrogens (tertiary/aromatic N) is 2. The average molecular weight is 242 g/mol. The fraction of sp³-hybridized carbons (Fsp3) is 0.300. The number of carboxylic acid groups (broad SMARTS) is 1. The van der Waals surface area contributed by atoms with Crippen LogP contribution in [0.1, 0.15) is 23.2 Å². The summed E-state index contributed by atoms with van der Waals surface area (Å²) in [5.41, 5.74) is -1.40. The van der Waals surface area contributed by atoms with Gasteiger partial charge in [0.15, 0.2) is 5.75 Å². The number of hydrogen-bond donors (Lipinski definition) is 1. The lowest BCUT2D eigenvalue weighted by Gasteiger charge is -2.11. The quantitative estimate of drug-likeness (QED) is 0.865. The number of carboxylic acids is 1. The van der Waals surface area contributed by atoms with E-state index in [1.807, 2.05) is 0 Å². The van der Waals surface area contributed by atoms with Gasteiger partial charge >= 0.3 is 5.97 Å². The molecule has 0 saturated heterocycles. The second kappa shape index (κ2) is 5.21. The highest BCUT2D eigenvalue weighted by Gasteiger charge is 2.24. The van der Waals surface area contributed by atoms with Crippen LogP contribution < -0.4 is 4.74 Å². The topological polar surface area (TPSA) is 83.2 Å². The van der Waals surface area contributed by atoms with Crippen molar-refractivity contribution >= 4 is 5.97 Å². The van der Waals surface area contributed by atoms with Crippen LogP contribution >= 0.6 is 0 Å². The monoisotopic (exact) mass is 242 g/mol. The number of methoxy groups -OCH3 is 1. The van der Waals surface area contributed by atoms with E-state index in [-0.39, 0.29) is 17.0 Å². The molecule has 1 rings (SSSR count). The lowest BCUT2D eigenvalue weighted by Crippen LogP contribution is -2.09. The van der Waals surface area contributed by atoms with Crippen molar-refractivity contribution in [3.8, 4) is 11.8 Å². The number of aliphatic carboxylic acids is 1. The first kappa shape index (κ1) is 12.8. The molecule has 1 aromatic heterocycles. The summed E-state index contributed by atoms with van der Waals surface area (Å²) < 4.78 is 30.3. The van der Waals surface area contributed by atoms with Gasteiger partial charge in [0.2, 0.25) is 0 Å². The number of alkyl halides is 2. The van der Waals surface area contributed by atoms with Crippen molar-refractivity contribution in [2.45, 2.75) is 12.8 Å². The van der Waals surface area contributed by atoms with Gasteiger partial charge in [0.05, 0.1) is 31.0 Å². The number of rotatable bonds is 4. The Kier molecular flexibility index (Phi) is 3.93. The smallest absolute Gasteiger partial charge is 0.309 e. The minimum Gasteiger partial charge on any atom is -0.494 e. The maximum Gasteiger partial charge on any atom is 0.309 e. The molecule has 17 heavy (non-hydrogen) atoms. The third kappa shape index (κ3) is 2.66. The van der Waals surface area contributed by atoms with Gasteiger partial charge in [-0.3, -0.25) is 9.78 Å². The Hall–Kier alpha value is -2.23. The second-order valence-electron chi connectivity index (χ2n) is 3.04. The van der Waals surface area contributed by atoms with E-state index >= 15 is 0 Å². The van der Waals surface area contributed by atoms with Crippen LogP contribution in [0.15, 0.2) is 6.20 Å². The van der Waals surface area contributed by atoms with Gasteiger partial charge in [-0.1, -0.05) is 0 Å². The molecule has 0 aromatic carbocycles. The van der Waals surface area contributed by atoms with Crippen LogP contribution in [-0.4, -0.2) is 23.2 Å². The molecule has 1 aromatic rings. The molecular formula is C10H8F2N2O3. The van der Waals surface area contributed by atoms with Gasteiger partial charge in [-0.25, -0.2) is 8.78 Å². The van der Waals surface area contributed by atoms with Crippen LogP contribution in [0.4, 0.5) is 8.78 Å². The Morgan fingerprint density at radius 2 is 2.35 bits per heavy atom. The van der Waals surface area contributed by atoms with Crippen LogP contribution in [0.5, 0.6) is 5.75 Å². The molecule has 1 N–H and O–H groups in total. The summed E-state index contributed by atoms with van der Waals surface area (Å²) >= 11 is 0. The number of hydrogen-bond acceptors (Lipinski definition) is 4. The number of nitriles is 1. The number of aromatic nitrogens is 1. The zero-order chi connectivity index (χ0) is 13.0. The molecule has 0 bridgehead atoms. The maximum absolute atomic E-state index is 12.8. The van der Waals surface area contributed by atoms with Crippen molar-refractivity contribution in [2.24, 2.45) is 0 Å². The zero-order valence-electron chi connectivity index (χ0n) is 8.78. The van der Waals surface area contributed by atoms with Gasteiger partial charge in [0.1, 0.15) is 11.6 Å². The summed E-state index contributed by atoms with van der Waals surface area (Å²) in [5, 5.41) is 17.4. The highest BCUT2D eigenvalue weighted by molar-refractivity contribution is 5.70.